The van der Waals surface area contributed by atoms with E-state index < -0.39 is 0 Å². The van der Waals surface area contributed by atoms with E-state index in [4.69, 9.17) is 4.74 Å². The van der Waals surface area contributed by atoms with Crippen LogP contribution in [0.3, 0.4) is 0 Å². The van der Waals surface area contributed by atoms with E-state index in [-0.39, 0.29) is 0 Å². The molecule has 1 saturated carbocycles. The number of nitrogens with one attached hydrogen (secondary N) is 2. The lowest BCUT2D eigenvalue weighted by Crippen LogP contribution is -2.39. The highest BCUT2D eigenvalue weighted by atomic mass is 16.5. The van der Waals surface area contributed by atoms with E-state index in [0.29, 0.717) is 18.1 Å². The zero-order valence-electron chi connectivity index (χ0n) is 11.7. The average molecular weight is 260 g/mol. The van der Waals surface area contributed by atoms with Gasteiger partial charge >= 0.3 is 0 Å². The highest BCUT2D eigenvalue weighted by Crippen LogP contribution is 2.31. The Morgan fingerprint density at radius 1 is 1.26 bits per heavy atom. The number of hydrogen-bond acceptors (Lipinski definition) is 3. The molecule has 2 N–H and O–H groups in total. The molecule has 3 atom stereocenters. The van der Waals surface area contributed by atoms with Gasteiger partial charge in [-0.05, 0) is 37.3 Å². The van der Waals surface area contributed by atoms with Gasteiger partial charge in [-0.25, -0.2) is 0 Å². The average Bonchev–Trinajstić information content (AvgIpc) is 2.92. The molecule has 1 heterocycles. The maximum absolute atomic E-state index is 5.56. The molecular formula is C16H24N2O. The maximum Gasteiger partial charge on any atom is 0.0724 e. The monoisotopic (exact) mass is 260 g/mol. The SMILES string of the molecule is COC1CCCC1NCC1CCNc2ccccc21. The Kier molecular flexibility index (Phi) is 4.04. The van der Waals surface area contributed by atoms with Crippen molar-refractivity contribution in [3.63, 3.8) is 0 Å². The molecule has 0 radical (unpaired) electrons. The van der Waals surface area contributed by atoms with Crippen molar-refractivity contribution in [2.75, 3.05) is 25.5 Å². The molecule has 1 fully saturated rings. The minimum atomic E-state index is 0.414. The molecule has 0 amide bonds. The number of rotatable bonds is 4. The molecule has 1 aromatic carbocycles. The van der Waals surface area contributed by atoms with Gasteiger partial charge in [0.05, 0.1) is 6.10 Å². The van der Waals surface area contributed by atoms with Gasteiger partial charge in [0.15, 0.2) is 0 Å². The fourth-order valence-corrected chi connectivity index (χ4v) is 3.50. The van der Waals surface area contributed by atoms with Crippen molar-refractivity contribution in [1.82, 2.24) is 5.32 Å². The van der Waals surface area contributed by atoms with Gasteiger partial charge in [0.25, 0.3) is 0 Å². The topological polar surface area (TPSA) is 33.3 Å². The third-order valence-electron chi connectivity index (χ3n) is 4.59. The lowest BCUT2D eigenvalue weighted by molar-refractivity contribution is 0.0847. The van der Waals surface area contributed by atoms with Crippen LogP contribution in [0, 0.1) is 0 Å². The Bertz CT molecular complexity index is 421. The summed E-state index contributed by atoms with van der Waals surface area (Å²) in [7, 11) is 1.84. The molecule has 3 rings (SSSR count). The van der Waals surface area contributed by atoms with Crippen molar-refractivity contribution < 1.29 is 4.74 Å². The summed E-state index contributed by atoms with van der Waals surface area (Å²) < 4.78 is 5.56. The van der Waals surface area contributed by atoms with E-state index in [1.807, 2.05) is 7.11 Å². The lowest BCUT2D eigenvalue weighted by Gasteiger charge is -2.29. The summed E-state index contributed by atoms with van der Waals surface area (Å²) in [4.78, 5) is 0. The summed E-state index contributed by atoms with van der Waals surface area (Å²) in [5.74, 6) is 0.635. The van der Waals surface area contributed by atoms with Crippen LogP contribution in [0.25, 0.3) is 0 Å². The standard InChI is InChI=1S/C16H24N2O/c1-19-16-8-4-7-15(16)18-11-12-9-10-17-14-6-3-2-5-13(12)14/h2-3,5-6,12,15-18H,4,7-11H2,1H3. The van der Waals surface area contributed by atoms with Crippen molar-refractivity contribution >= 4 is 5.69 Å². The largest absolute Gasteiger partial charge is 0.385 e. The zero-order chi connectivity index (χ0) is 13.1. The molecular weight excluding hydrogens is 236 g/mol. The van der Waals surface area contributed by atoms with Crippen LogP contribution in [0.15, 0.2) is 24.3 Å². The van der Waals surface area contributed by atoms with Gasteiger partial charge in [0, 0.05) is 37.8 Å². The van der Waals surface area contributed by atoms with Crippen LogP contribution >= 0.6 is 0 Å². The Hall–Kier alpha value is -1.06. The van der Waals surface area contributed by atoms with Gasteiger partial charge in [-0.15, -0.1) is 0 Å². The minimum Gasteiger partial charge on any atom is -0.385 e. The lowest BCUT2D eigenvalue weighted by atomic mass is 9.90. The number of para-hydroxylation sites is 1. The van der Waals surface area contributed by atoms with Crippen LogP contribution in [-0.2, 0) is 4.74 Å². The Morgan fingerprint density at radius 3 is 3.05 bits per heavy atom. The molecule has 1 aliphatic carbocycles. The predicted molar refractivity (Wildman–Crippen MR) is 78.7 cm³/mol. The first kappa shape index (κ1) is 12.9. The van der Waals surface area contributed by atoms with Crippen LogP contribution in [0.5, 0.6) is 0 Å². The summed E-state index contributed by atoms with van der Waals surface area (Å²) in [6.07, 6.45) is 5.38. The molecule has 1 aliphatic heterocycles. The summed E-state index contributed by atoms with van der Waals surface area (Å²) in [6.45, 7) is 2.16. The van der Waals surface area contributed by atoms with Crippen molar-refractivity contribution in [3.05, 3.63) is 29.8 Å². The summed E-state index contributed by atoms with van der Waals surface area (Å²) in [5, 5.41) is 7.23. The number of hydrogen-bond donors (Lipinski definition) is 2. The Labute approximate surface area is 115 Å². The fourth-order valence-electron chi connectivity index (χ4n) is 3.50. The summed E-state index contributed by atoms with van der Waals surface area (Å²) in [6, 6.07) is 9.25. The minimum absolute atomic E-state index is 0.414. The molecule has 0 spiro atoms. The summed E-state index contributed by atoms with van der Waals surface area (Å²) in [5.41, 5.74) is 2.78. The fraction of sp³-hybridized carbons (Fsp3) is 0.625. The number of benzene rings is 1. The van der Waals surface area contributed by atoms with E-state index >= 15 is 0 Å². The molecule has 1 aromatic rings. The smallest absolute Gasteiger partial charge is 0.0724 e. The van der Waals surface area contributed by atoms with Gasteiger partial charge in [0.2, 0.25) is 0 Å². The van der Waals surface area contributed by atoms with Crippen LogP contribution in [-0.4, -0.2) is 32.3 Å². The molecule has 3 unspecified atom stereocenters. The second-order valence-electron chi connectivity index (χ2n) is 5.72. The highest BCUT2D eigenvalue weighted by molar-refractivity contribution is 5.54. The third-order valence-corrected chi connectivity index (χ3v) is 4.59. The number of fused-ring (bicyclic) bond motifs is 1. The van der Waals surface area contributed by atoms with E-state index in [9.17, 15) is 0 Å². The Balaban J connectivity index is 1.62. The van der Waals surface area contributed by atoms with E-state index in [2.05, 4.69) is 34.9 Å². The number of ether oxygens (including phenoxy) is 1. The van der Waals surface area contributed by atoms with Crippen LogP contribution < -0.4 is 10.6 Å². The molecule has 2 aliphatic rings. The van der Waals surface area contributed by atoms with Gasteiger partial charge in [-0.1, -0.05) is 18.2 Å². The first-order chi connectivity index (χ1) is 9.38. The van der Waals surface area contributed by atoms with Gasteiger partial charge in [-0.3, -0.25) is 0 Å². The third kappa shape index (κ3) is 2.77. The molecule has 104 valence electrons. The predicted octanol–water partition coefficient (Wildman–Crippen LogP) is 2.74. The normalized spacial score (nSPS) is 29.8. The van der Waals surface area contributed by atoms with Crippen LogP contribution in [0.4, 0.5) is 5.69 Å². The van der Waals surface area contributed by atoms with E-state index in [1.54, 1.807) is 0 Å². The molecule has 3 nitrogen and oxygen atoms in total. The highest BCUT2D eigenvalue weighted by Gasteiger charge is 2.28. The second kappa shape index (κ2) is 5.93. The zero-order valence-corrected chi connectivity index (χ0v) is 11.7. The number of anilines is 1. The number of methoxy groups -OCH3 is 1. The molecule has 0 saturated heterocycles. The quantitative estimate of drug-likeness (QED) is 0.873. The van der Waals surface area contributed by atoms with Gasteiger partial charge < -0.3 is 15.4 Å². The molecule has 0 aromatic heterocycles. The first-order valence-corrected chi connectivity index (χ1v) is 7.47. The van der Waals surface area contributed by atoms with Gasteiger partial charge in [-0.2, -0.15) is 0 Å². The van der Waals surface area contributed by atoms with E-state index in [0.717, 1.165) is 13.1 Å². The van der Waals surface area contributed by atoms with Crippen LogP contribution in [0.1, 0.15) is 37.2 Å². The molecule has 3 heteroatoms. The van der Waals surface area contributed by atoms with Gasteiger partial charge in [0.1, 0.15) is 0 Å². The van der Waals surface area contributed by atoms with E-state index in [1.165, 1.54) is 36.9 Å². The maximum atomic E-state index is 5.56. The molecule has 0 bridgehead atoms. The second-order valence-corrected chi connectivity index (χ2v) is 5.72. The summed E-state index contributed by atoms with van der Waals surface area (Å²) >= 11 is 0. The van der Waals surface area contributed by atoms with Crippen LogP contribution in [0.2, 0.25) is 0 Å². The Morgan fingerprint density at radius 2 is 2.16 bits per heavy atom. The molecule has 19 heavy (non-hydrogen) atoms. The van der Waals surface area contributed by atoms with Crippen molar-refractivity contribution in [2.24, 2.45) is 0 Å². The van der Waals surface area contributed by atoms with Crippen molar-refractivity contribution in [2.45, 2.75) is 43.7 Å². The first-order valence-electron chi connectivity index (χ1n) is 7.47. The van der Waals surface area contributed by atoms with Crippen molar-refractivity contribution in [3.8, 4) is 0 Å². The van der Waals surface area contributed by atoms with Crippen molar-refractivity contribution in [1.29, 1.82) is 0 Å².